The number of anilines is 3. The van der Waals surface area contributed by atoms with E-state index in [4.69, 9.17) is 10.5 Å². The number of hydrogen-bond acceptors (Lipinski definition) is 13. The van der Waals surface area contributed by atoms with E-state index in [0.717, 1.165) is 21.7 Å². The number of H-pyrrole nitrogens is 1. The van der Waals surface area contributed by atoms with Crippen LogP contribution in [0, 0.1) is 12.3 Å². The van der Waals surface area contributed by atoms with Gasteiger partial charge in [0.15, 0.2) is 5.82 Å². The highest BCUT2D eigenvalue weighted by atomic mass is 32.2. The first-order chi connectivity index (χ1) is 30.4. The summed E-state index contributed by atoms with van der Waals surface area (Å²) in [4.78, 5) is 64.3. The zero-order chi connectivity index (χ0) is 46.2. The van der Waals surface area contributed by atoms with Crippen molar-refractivity contribution in [1.29, 1.82) is 0 Å². The van der Waals surface area contributed by atoms with Gasteiger partial charge in [-0.05, 0) is 61.4 Å². The average Bonchev–Trinajstić information content (AvgIpc) is 4.00. The van der Waals surface area contributed by atoms with Crippen LogP contribution in [0.1, 0.15) is 75.0 Å². The maximum Gasteiger partial charge on any atom is 0.254 e. The van der Waals surface area contributed by atoms with E-state index in [1.165, 1.54) is 18.0 Å². The average molecular weight is 915 g/mol. The molecule has 4 amide bonds. The quantitative estimate of drug-likeness (QED) is 0.0548. The van der Waals surface area contributed by atoms with Crippen LogP contribution in [0.4, 0.5) is 17.2 Å². The first-order valence-corrected chi connectivity index (χ1v) is 23.4. The number of aromatic amines is 1. The number of carbonyl (C=O) groups is 4. The molecule has 1 saturated heterocycles. The van der Waals surface area contributed by atoms with Gasteiger partial charge >= 0.3 is 0 Å². The Balaban J connectivity index is 0.980. The summed E-state index contributed by atoms with van der Waals surface area (Å²) in [5, 5.41) is 26.5. The molecule has 1 unspecified atom stereocenters. The van der Waals surface area contributed by atoms with Crippen LogP contribution >= 0.6 is 11.3 Å². The van der Waals surface area contributed by atoms with Gasteiger partial charge in [0.25, 0.3) is 5.91 Å². The Hall–Kier alpha value is -6.38. The summed E-state index contributed by atoms with van der Waals surface area (Å²) in [5.74, 6) is -1.54. The van der Waals surface area contributed by atoms with Crippen LogP contribution in [0.2, 0.25) is 0 Å². The molecule has 5 aromatic rings. The second kappa shape index (κ2) is 20.4. The Labute approximate surface area is 375 Å². The predicted octanol–water partition coefficient (Wildman–Crippen LogP) is 4.87. The minimum Gasteiger partial charge on any atom is -0.478 e. The molecular formula is C44H54N10O8S2. The summed E-state index contributed by atoms with van der Waals surface area (Å²) in [6.45, 7) is 9.44. The SMILES string of the molecule is CCS(=O)(=O)Nc1ccc(-c2[nH]nc(Nc3ccnc(OCCCCC(=O)N[C@H](C(=O)N4CC(O)C[C@H]4C(=O)NCc4ccc(-c5scnc5C)cc4)C(C)(C)C)c3)c2C(N)=O)cc1. The Kier molecular flexibility index (Phi) is 15.0. The van der Waals surface area contributed by atoms with E-state index in [1.807, 2.05) is 52.0 Å². The monoisotopic (exact) mass is 914 g/mol. The number of nitrogens with zero attached hydrogens (tertiary/aromatic N) is 4. The third kappa shape index (κ3) is 12.0. The fraction of sp³-hybridized carbons (Fsp3) is 0.386. The van der Waals surface area contributed by atoms with E-state index < -0.39 is 45.4 Å². The Morgan fingerprint density at radius 1 is 1.02 bits per heavy atom. The summed E-state index contributed by atoms with van der Waals surface area (Å²) in [7, 11) is -3.46. The number of hydrogen-bond donors (Lipinski definition) is 7. The molecule has 0 spiro atoms. The molecule has 8 N–H and O–H groups in total. The van der Waals surface area contributed by atoms with Crippen molar-refractivity contribution in [2.75, 3.05) is 28.9 Å². The van der Waals surface area contributed by atoms with E-state index in [1.54, 1.807) is 53.2 Å². The highest BCUT2D eigenvalue weighted by Crippen LogP contribution is 2.31. The molecule has 340 valence electrons. The van der Waals surface area contributed by atoms with Crippen molar-refractivity contribution in [2.45, 2.75) is 85.0 Å². The number of aromatic nitrogens is 4. The number of nitrogens with one attached hydrogen (secondary N) is 5. The van der Waals surface area contributed by atoms with Gasteiger partial charge in [0.1, 0.15) is 17.6 Å². The number of sulfonamides is 1. The van der Waals surface area contributed by atoms with Crippen molar-refractivity contribution in [3.8, 4) is 27.6 Å². The number of benzene rings is 2. The molecule has 3 aromatic heterocycles. The Morgan fingerprint density at radius 2 is 1.73 bits per heavy atom. The first kappa shape index (κ1) is 47.1. The highest BCUT2D eigenvalue weighted by molar-refractivity contribution is 7.92. The van der Waals surface area contributed by atoms with E-state index in [2.05, 4.69) is 40.8 Å². The highest BCUT2D eigenvalue weighted by Gasteiger charge is 2.44. The zero-order valence-electron chi connectivity index (χ0n) is 36.3. The number of amides is 4. The molecule has 20 heteroatoms. The number of pyridine rings is 1. The van der Waals surface area contributed by atoms with Gasteiger partial charge in [0.05, 0.1) is 40.2 Å². The molecular weight excluding hydrogens is 861 g/mol. The number of primary amides is 1. The fourth-order valence-corrected chi connectivity index (χ4v) is 8.57. The largest absolute Gasteiger partial charge is 0.478 e. The molecule has 18 nitrogen and oxygen atoms in total. The Morgan fingerprint density at radius 3 is 2.39 bits per heavy atom. The van der Waals surface area contributed by atoms with Crippen LogP contribution in [-0.2, 0) is 31.0 Å². The van der Waals surface area contributed by atoms with Gasteiger partial charge in [0, 0.05) is 55.1 Å². The van der Waals surface area contributed by atoms with Crippen molar-refractivity contribution in [2.24, 2.45) is 11.1 Å². The van der Waals surface area contributed by atoms with Crippen molar-refractivity contribution >= 4 is 62.2 Å². The van der Waals surface area contributed by atoms with E-state index in [0.29, 0.717) is 35.5 Å². The van der Waals surface area contributed by atoms with E-state index in [9.17, 15) is 32.7 Å². The number of carbonyl (C=O) groups excluding carboxylic acids is 4. The predicted molar refractivity (Wildman–Crippen MR) is 244 cm³/mol. The lowest BCUT2D eigenvalue weighted by Gasteiger charge is -2.35. The van der Waals surface area contributed by atoms with Gasteiger partial charge in [0.2, 0.25) is 33.6 Å². The van der Waals surface area contributed by atoms with Crippen molar-refractivity contribution < 1.29 is 37.4 Å². The van der Waals surface area contributed by atoms with Crippen LogP contribution in [0.15, 0.2) is 72.4 Å². The van der Waals surface area contributed by atoms with E-state index in [-0.39, 0.29) is 67.4 Å². The molecule has 64 heavy (non-hydrogen) atoms. The third-order valence-corrected chi connectivity index (χ3v) is 12.9. The molecule has 1 aliphatic rings. The van der Waals surface area contributed by atoms with Crippen LogP contribution in [-0.4, -0.2) is 99.3 Å². The Bertz CT molecular complexity index is 2560. The number of aliphatic hydroxyl groups is 1. The summed E-state index contributed by atoms with van der Waals surface area (Å²) in [5.41, 5.74) is 11.6. The van der Waals surface area contributed by atoms with Crippen molar-refractivity contribution in [3.05, 3.63) is 89.2 Å². The number of rotatable bonds is 19. The summed E-state index contributed by atoms with van der Waals surface area (Å²) >= 11 is 1.56. The standard InChI is InChI=1S/C44H54N10O8S2/c1-6-64(60,61)53-30-16-14-28(15-17-30)37-36(40(45)57)41(52-51-37)49-31-18-19-46-35(21-31)62-20-8-7-9-34(56)50-39(44(3,4)5)43(59)54-24-32(55)22-33(54)42(58)47-23-27-10-12-29(13-11-27)38-26(2)48-25-63-38/h10-19,21,25,32-33,39,53,55H,6-9,20,22-24H2,1-5H3,(H2,45,57)(H,47,58)(H,50,56)(H2,46,49,51,52)/t32?,33-,39+/m0/s1. The smallest absolute Gasteiger partial charge is 0.254 e. The van der Waals surface area contributed by atoms with Crippen molar-refractivity contribution in [3.63, 3.8) is 0 Å². The van der Waals surface area contributed by atoms with Gasteiger partial charge in [-0.25, -0.2) is 18.4 Å². The normalized spacial score (nSPS) is 15.6. The zero-order valence-corrected chi connectivity index (χ0v) is 37.9. The van der Waals surface area contributed by atoms with Crippen LogP contribution in [0.3, 0.4) is 0 Å². The summed E-state index contributed by atoms with van der Waals surface area (Å²) < 4.78 is 32.2. The summed E-state index contributed by atoms with van der Waals surface area (Å²) in [6.07, 6.45) is 1.76. The van der Waals surface area contributed by atoms with E-state index >= 15 is 0 Å². The van der Waals surface area contributed by atoms with Gasteiger partial charge in [-0.2, -0.15) is 5.10 Å². The molecule has 0 bridgehead atoms. The molecule has 0 aliphatic carbocycles. The first-order valence-electron chi connectivity index (χ1n) is 20.8. The third-order valence-electron chi connectivity index (χ3n) is 10.6. The van der Waals surface area contributed by atoms with Crippen LogP contribution in [0.25, 0.3) is 21.7 Å². The molecule has 4 heterocycles. The number of β-amino-alcohol motifs (C(OH)–C–C–N with tert-alkyl or cyclic N) is 1. The maximum atomic E-state index is 14.0. The topological polar surface area (TPSA) is 264 Å². The van der Waals surface area contributed by atoms with Gasteiger partial charge in [-0.1, -0.05) is 57.2 Å². The fourth-order valence-electron chi connectivity index (χ4n) is 7.12. The molecule has 1 fully saturated rings. The lowest BCUT2D eigenvalue weighted by Crippen LogP contribution is -2.57. The number of thiazole rings is 1. The molecule has 0 radical (unpaired) electrons. The van der Waals surface area contributed by atoms with Gasteiger partial charge in [-0.3, -0.25) is 29.0 Å². The molecule has 3 atom stereocenters. The molecule has 6 rings (SSSR count). The van der Waals surface area contributed by atoms with Gasteiger partial charge < -0.3 is 36.4 Å². The number of aryl methyl sites for hydroxylation is 1. The lowest BCUT2D eigenvalue weighted by atomic mass is 9.85. The molecule has 2 aromatic carbocycles. The second-order valence-corrected chi connectivity index (χ2v) is 19.4. The van der Waals surface area contributed by atoms with Gasteiger partial charge in [-0.15, -0.1) is 11.3 Å². The number of unbranched alkanes of at least 4 members (excludes halogenated alkanes) is 1. The lowest BCUT2D eigenvalue weighted by molar-refractivity contribution is -0.144. The minimum absolute atomic E-state index is 0.0254. The minimum atomic E-state index is -3.46. The molecule has 1 aliphatic heterocycles. The second-order valence-electron chi connectivity index (χ2n) is 16.5. The number of likely N-dealkylation sites (tertiary alicyclic amines) is 1. The van der Waals surface area contributed by atoms with Crippen LogP contribution in [0.5, 0.6) is 5.88 Å². The maximum absolute atomic E-state index is 14.0. The number of aliphatic hydroxyl groups excluding tert-OH is 1. The summed E-state index contributed by atoms with van der Waals surface area (Å²) in [6, 6.07) is 15.7. The number of nitrogens with two attached hydrogens (primary N) is 1. The van der Waals surface area contributed by atoms with Crippen LogP contribution < -0.4 is 31.1 Å². The van der Waals surface area contributed by atoms with Crippen molar-refractivity contribution in [1.82, 2.24) is 35.7 Å². The molecule has 0 saturated carbocycles. The number of ether oxygens (including phenoxy) is 1.